The third kappa shape index (κ3) is 8.29. The zero-order valence-corrected chi connectivity index (χ0v) is 13.9. The second-order valence-corrected chi connectivity index (χ2v) is 5.54. The van der Waals surface area contributed by atoms with Gasteiger partial charge < -0.3 is 31.7 Å². The van der Waals surface area contributed by atoms with Gasteiger partial charge in [0.15, 0.2) is 0 Å². The third-order valence-corrected chi connectivity index (χ3v) is 3.23. The van der Waals surface area contributed by atoms with E-state index >= 15 is 0 Å². The third-order valence-electron chi connectivity index (χ3n) is 3.23. The number of nitrogens with one attached hydrogen (secondary N) is 3. The van der Waals surface area contributed by atoms with E-state index < -0.39 is 36.9 Å². The lowest BCUT2D eigenvalue weighted by atomic mass is 9.92. The van der Waals surface area contributed by atoms with E-state index in [4.69, 9.17) is 15.8 Å². The van der Waals surface area contributed by atoms with Gasteiger partial charge in [0.2, 0.25) is 17.7 Å². The molecule has 0 radical (unpaired) electrons. The molecule has 1 aromatic rings. The van der Waals surface area contributed by atoms with Gasteiger partial charge in [-0.2, -0.15) is 0 Å². The van der Waals surface area contributed by atoms with Gasteiger partial charge in [-0.05, 0) is 12.5 Å². The predicted octanol–water partition coefficient (Wildman–Crippen LogP) is -2.69. The molecule has 0 saturated heterocycles. The fraction of sp³-hybridized carbons (Fsp3) is 0.400. The number of amides is 3. The van der Waals surface area contributed by atoms with Gasteiger partial charge in [0.05, 0.1) is 19.0 Å². The number of nitrogens with two attached hydrogens (primary N) is 1. The SMILES string of the molecule is CC(N)C(=O)NCC(=O)NC(Cc1ccccc1)C(=O)NCB(O)O. The van der Waals surface area contributed by atoms with E-state index in [1.807, 2.05) is 6.07 Å². The van der Waals surface area contributed by atoms with Gasteiger partial charge in [0, 0.05) is 6.42 Å². The van der Waals surface area contributed by atoms with Crippen molar-refractivity contribution in [3.8, 4) is 0 Å². The van der Waals surface area contributed by atoms with E-state index in [-0.39, 0.29) is 19.4 Å². The quantitative estimate of drug-likeness (QED) is 0.267. The maximum absolute atomic E-state index is 12.2. The van der Waals surface area contributed by atoms with Crippen molar-refractivity contribution in [3.05, 3.63) is 35.9 Å². The summed E-state index contributed by atoms with van der Waals surface area (Å²) in [5, 5.41) is 24.9. The summed E-state index contributed by atoms with van der Waals surface area (Å²) >= 11 is 0. The number of benzene rings is 1. The summed E-state index contributed by atoms with van der Waals surface area (Å²) < 4.78 is 0. The first-order chi connectivity index (χ1) is 11.8. The van der Waals surface area contributed by atoms with Crippen LogP contribution in [0.3, 0.4) is 0 Å². The molecule has 1 aromatic carbocycles. The van der Waals surface area contributed by atoms with Gasteiger partial charge in [-0.25, -0.2) is 0 Å². The molecule has 9 nitrogen and oxygen atoms in total. The van der Waals surface area contributed by atoms with Crippen molar-refractivity contribution in [1.82, 2.24) is 16.0 Å². The van der Waals surface area contributed by atoms with Crippen LogP contribution in [0.4, 0.5) is 0 Å². The van der Waals surface area contributed by atoms with Gasteiger partial charge in [-0.1, -0.05) is 30.3 Å². The highest BCUT2D eigenvalue weighted by molar-refractivity contribution is 6.41. The standard InChI is InChI=1S/C15H23BN4O5/c1-10(17)14(22)18-8-13(21)20-12(15(23)19-9-16(24)25)7-11-5-3-2-4-6-11/h2-6,10,12,24-25H,7-9,17H2,1H3,(H,18,22)(H,19,23)(H,20,21). The molecule has 25 heavy (non-hydrogen) atoms. The Kier molecular flexibility index (Phi) is 8.61. The molecule has 0 heterocycles. The maximum atomic E-state index is 12.2. The van der Waals surface area contributed by atoms with Crippen LogP contribution in [0.5, 0.6) is 0 Å². The van der Waals surface area contributed by atoms with Gasteiger partial charge in [0.25, 0.3) is 0 Å². The molecule has 3 amide bonds. The van der Waals surface area contributed by atoms with Gasteiger partial charge in [-0.3, -0.25) is 14.4 Å². The van der Waals surface area contributed by atoms with Crippen LogP contribution in [-0.4, -0.2) is 60.0 Å². The lowest BCUT2D eigenvalue weighted by Crippen LogP contribution is -2.52. The summed E-state index contributed by atoms with van der Waals surface area (Å²) in [5.74, 6) is -1.61. The first kappa shape index (κ1) is 20.6. The number of hydrogen-bond acceptors (Lipinski definition) is 6. The molecule has 0 aliphatic rings. The van der Waals surface area contributed by atoms with Gasteiger partial charge in [-0.15, -0.1) is 0 Å². The molecule has 0 aliphatic heterocycles. The smallest absolute Gasteiger partial charge is 0.426 e. The predicted molar refractivity (Wildman–Crippen MR) is 91.9 cm³/mol. The normalized spacial score (nSPS) is 12.6. The average molecular weight is 350 g/mol. The molecule has 10 heteroatoms. The minimum Gasteiger partial charge on any atom is -0.426 e. The minimum absolute atomic E-state index is 0.209. The first-order valence-electron chi connectivity index (χ1n) is 7.80. The largest absolute Gasteiger partial charge is 0.472 e. The fourth-order valence-electron chi connectivity index (χ4n) is 1.95. The molecule has 0 fully saturated rings. The second-order valence-electron chi connectivity index (χ2n) is 5.54. The molecule has 2 atom stereocenters. The van der Waals surface area contributed by atoms with Crippen LogP contribution in [0.2, 0.25) is 0 Å². The number of carbonyl (C=O) groups is 3. The summed E-state index contributed by atoms with van der Waals surface area (Å²) in [7, 11) is -1.69. The van der Waals surface area contributed by atoms with Crippen molar-refractivity contribution < 1.29 is 24.4 Å². The van der Waals surface area contributed by atoms with Crippen molar-refractivity contribution in [2.45, 2.75) is 25.4 Å². The van der Waals surface area contributed by atoms with Crippen molar-refractivity contribution in [2.75, 3.05) is 13.0 Å². The van der Waals surface area contributed by atoms with E-state index in [0.717, 1.165) is 5.56 Å². The summed E-state index contributed by atoms with van der Waals surface area (Å²) in [5.41, 5.74) is 6.20. The number of carbonyl (C=O) groups excluding carboxylic acids is 3. The van der Waals surface area contributed by atoms with Crippen LogP contribution in [-0.2, 0) is 20.8 Å². The Balaban J connectivity index is 2.68. The van der Waals surface area contributed by atoms with Crippen LogP contribution in [0.15, 0.2) is 30.3 Å². The van der Waals surface area contributed by atoms with Crippen LogP contribution >= 0.6 is 0 Å². The molecular formula is C15H23BN4O5. The van der Waals surface area contributed by atoms with E-state index in [1.54, 1.807) is 24.3 Å². The fourth-order valence-corrected chi connectivity index (χ4v) is 1.95. The molecule has 7 N–H and O–H groups in total. The molecular weight excluding hydrogens is 327 g/mol. The molecule has 0 aliphatic carbocycles. The Morgan fingerprint density at radius 3 is 2.32 bits per heavy atom. The Labute approximate surface area is 146 Å². The van der Waals surface area contributed by atoms with Crippen LogP contribution in [0, 0.1) is 0 Å². The highest BCUT2D eigenvalue weighted by Gasteiger charge is 2.22. The molecule has 0 aromatic heterocycles. The monoisotopic (exact) mass is 350 g/mol. The summed E-state index contributed by atoms with van der Waals surface area (Å²) in [4.78, 5) is 35.5. The highest BCUT2D eigenvalue weighted by Crippen LogP contribution is 2.03. The minimum atomic E-state index is -1.69. The van der Waals surface area contributed by atoms with E-state index in [2.05, 4.69) is 16.0 Å². The Morgan fingerprint density at radius 1 is 1.12 bits per heavy atom. The molecule has 1 rings (SSSR count). The van der Waals surface area contributed by atoms with Crippen molar-refractivity contribution in [1.29, 1.82) is 0 Å². The van der Waals surface area contributed by atoms with Crippen LogP contribution < -0.4 is 21.7 Å². The average Bonchev–Trinajstić information content (AvgIpc) is 2.57. The summed E-state index contributed by atoms with van der Waals surface area (Å²) in [6.45, 7) is 1.17. The zero-order chi connectivity index (χ0) is 18.8. The van der Waals surface area contributed by atoms with Crippen LogP contribution in [0.25, 0.3) is 0 Å². The Hall–Kier alpha value is -2.43. The maximum Gasteiger partial charge on any atom is 0.472 e. The number of hydrogen-bond donors (Lipinski definition) is 6. The van der Waals surface area contributed by atoms with Gasteiger partial charge in [0.1, 0.15) is 6.04 Å². The van der Waals surface area contributed by atoms with Crippen LogP contribution in [0.1, 0.15) is 12.5 Å². The Morgan fingerprint density at radius 2 is 1.76 bits per heavy atom. The van der Waals surface area contributed by atoms with Gasteiger partial charge >= 0.3 is 7.12 Å². The Bertz CT molecular complexity index is 583. The number of rotatable bonds is 9. The molecule has 0 saturated carbocycles. The molecule has 0 spiro atoms. The van der Waals surface area contributed by atoms with Crippen molar-refractivity contribution in [2.24, 2.45) is 5.73 Å². The van der Waals surface area contributed by atoms with E-state index in [9.17, 15) is 14.4 Å². The molecule has 2 unspecified atom stereocenters. The van der Waals surface area contributed by atoms with Crippen molar-refractivity contribution >= 4 is 24.8 Å². The second kappa shape index (κ2) is 10.4. The lowest BCUT2D eigenvalue weighted by Gasteiger charge is -2.19. The van der Waals surface area contributed by atoms with Crippen molar-refractivity contribution in [3.63, 3.8) is 0 Å². The molecule has 0 bridgehead atoms. The summed E-state index contributed by atoms with van der Waals surface area (Å²) in [6, 6.07) is 7.33. The zero-order valence-electron chi connectivity index (χ0n) is 13.9. The summed E-state index contributed by atoms with van der Waals surface area (Å²) in [6.07, 6.45) is -0.150. The van der Waals surface area contributed by atoms with E-state index in [0.29, 0.717) is 0 Å². The molecule has 136 valence electrons. The van der Waals surface area contributed by atoms with E-state index in [1.165, 1.54) is 6.92 Å². The lowest BCUT2D eigenvalue weighted by molar-refractivity contribution is -0.129. The first-order valence-corrected chi connectivity index (χ1v) is 7.80. The topological polar surface area (TPSA) is 154 Å². The highest BCUT2D eigenvalue weighted by atomic mass is 16.4.